The van der Waals surface area contributed by atoms with Crippen LogP contribution in [-0.4, -0.2) is 52.1 Å². The minimum Gasteiger partial charge on any atom is -0.271 e. The van der Waals surface area contributed by atoms with Crippen LogP contribution in [0.25, 0.3) is 6.08 Å². The maximum atomic E-state index is 14.1. The SMILES string of the molecule is Cc1cccc(C)c1N1C(=O)[C@@H]2N=NN(CC(=O)N3N=C4/C(=C/c5ccc(Cl)cc5)CCC[C@@H]4[C@@H]3c3ccc(Cl)cc3)[C@H]2C1=O. The lowest BCUT2D eigenvalue weighted by Crippen LogP contribution is -2.45. The molecule has 3 heterocycles. The number of hydrogen-bond donors (Lipinski definition) is 0. The summed E-state index contributed by atoms with van der Waals surface area (Å²) in [5.41, 5.74) is 6.04. The van der Waals surface area contributed by atoms with Gasteiger partial charge in [-0.15, -0.1) is 0 Å². The van der Waals surface area contributed by atoms with Gasteiger partial charge in [0, 0.05) is 16.0 Å². The molecule has 3 aromatic rings. The second kappa shape index (κ2) is 11.5. The number of carbonyl (C=O) groups is 3. The van der Waals surface area contributed by atoms with Gasteiger partial charge in [-0.2, -0.15) is 10.2 Å². The Morgan fingerprint density at radius 1 is 0.911 bits per heavy atom. The predicted molar refractivity (Wildman–Crippen MR) is 173 cm³/mol. The fourth-order valence-corrected chi connectivity index (χ4v) is 7.16. The van der Waals surface area contributed by atoms with Gasteiger partial charge in [0.05, 0.1) is 17.4 Å². The molecule has 0 radical (unpaired) electrons. The quantitative estimate of drug-likeness (QED) is 0.289. The second-order valence-corrected chi connectivity index (χ2v) is 12.8. The smallest absolute Gasteiger partial charge is 0.264 e. The summed E-state index contributed by atoms with van der Waals surface area (Å²) in [4.78, 5) is 42.5. The van der Waals surface area contributed by atoms with E-state index in [-0.39, 0.29) is 24.4 Å². The normalized spacial score (nSPS) is 24.8. The second-order valence-electron chi connectivity index (χ2n) is 11.9. The summed E-state index contributed by atoms with van der Waals surface area (Å²) >= 11 is 12.3. The molecule has 228 valence electrons. The number of nitrogens with zero attached hydrogens (tertiary/aromatic N) is 6. The number of fused-ring (bicyclic) bond motifs is 2. The summed E-state index contributed by atoms with van der Waals surface area (Å²) in [6.07, 6.45) is 4.75. The monoisotopic (exact) mass is 640 g/mol. The number of amides is 3. The van der Waals surface area contributed by atoms with E-state index in [1.807, 2.05) is 80.6 Å². The molecule has 1 aliphatic carbocycles. The van der Waals surface area contributed by atoms with Crippen molar-refractivity contribution < 1.29 is 14.4 Å². The van der Waals surface area contributed by atoms with Crippen molar-refractivity contribution >= 4 is 58.4 Å². The topological polar surface area (TPSA) is 98.0 Å². The van der Waals surface area contributed by atoms with Crippen molar-refractivity contribution in [3.8, 4) is 0 Å². The highest BCUT2D eigenvalue weighted by molar-refractivity contribution is 6.31. The van der Waals surface area contributed by atoms with E-state index in [2.05, 4.69) is 16.4 Å². The van der Waals surface area contributed by atoms with Crippen molar-refractivity contribution in [2.24, 2.45) is 21.4 Å². The molecule has 0 bridgehead atoms. The molecule has 4 aliphatic rings. The number of carbonyl (C=O) groups excluding carboxylic acids is 3. The van der Waals surface area contributed by atoms with Gasteiger partial charge >= 0.3 is 0 Å². The first-order chi connectivity index (χ1) is 21.7. The van der Waals surface area contributed by atoms with Crippen LogP contribution in [0, 0.1) is 19.8 Å². The van der Waals surface area contributed by atoms with Gasteiger partial charge in [-0.3, -0.25) is 19.4 Å². The van der Waals surface area contributed by atoms with Crippen molar-refractivity contribution in [2.75, 3.05) is 11.4 Å². The van der Waals surface area contributed by atoms with Gasteiger partial charge < -0.3 is 0 Å². The number of hydrazone groups is 1. The van der Waals surface area contributed by atoms with Crippen LogP contribution in [0.1, 0.15) is 47.6 Å². The Hall–Kier alpha value is -4.34. The zero-order valence-corrected chi connectivity index (χ0v) is 26.2. The molecule has 2 fully saturated rings. The third-order valence-electron chi connectivity index (χ3n) is 9.00. The molecule has 7 rings (SSSR count). The summed E-state index contributed by atoms with van der Waals surface area (Å²) < 4.78 is 0. The van der Waals surface area contributed by atoms with Crippen LogP contribution >= 0.6 is 23.2 Å². The predicted octanol–water partition coefficient (Wildman–Crippen LogP) is 6.73. The first kappa shape index (κ1) is 29.4. The third kappa shape index (κ3) is 5.14. The fourth-order valence-electron chi connectivity index (χ4n) is 6.90. The third-order valence-corrected chi connectivity index (χ3v) is 9.50. The van der Waals surface area contributed by atoms with E-state index in [4.69, 9.17) is 28.3 Å². The van der Waals surface area contributed by atoms with Crippen molar-refractivity contribution in [1.82, 2.24) is 10.0 Å². The van der Waals surface area contributed by atoms with Gasteiger partial charge in [0.15, 0.2) is 12.1 Å². The zero-order valence-electron chi connectivity index (χ0n) is 24.7. The standard InChI is InChI=1S/C34H30Cl2N6O3/c1-19-5-3-6-20(2)30(19)41-33(44)29-32(34(41)45)40(39-37-29)18-27(43)42-31(22-11-15-25(36)16-12-22)26-8-4-7-23(28(26)38-42)17-21-9-13-24(35)14-10-21/h3,5-6,9-17,26,29,31-32H,4,7-8,18H2,1-2H3/b23-17+/t26-,29+,31-,32+/m0/s1. The number of benzene rings is 3. The van der Waals surface area contributed by atoms with Gasteiger partial charge in [-0.05, 0) is 91.3 Å². The molecule has 45 heavy (non-hydrogen) atoms. The summed E-state index contributed by atoms with van der Waals surface area (Å²) in [5, 5.41) is 17.4. The largest absolute Gasteiger partial charge is 0.271 e. The first-order valence-electron chi connectivity index (χ1n) is 15.0. The lowest BCUT2D eigenvalue weighted by Gasteiger charge is -2.30. The van der Waals surface area contributed by atoms with Crippen molar-refractivity contribution in [3.05, 3.63) is 105 Å². The number of hydrogen-bond acceptors (Lipinski definition) is 7. The molecule has 9 nitrogen and oxygen atoms in total. The number of anilines is 1. The van der Waals surface area contributed by atoms with E-state index >= 15 is 0 Å². The van der Waals surface area contributed by atoms with E-state index in [0.29, 0.717) is 15.7 Å². The Labute approximate surface area is 270 Å². The average Bonchev–Trinajstić information content (AvgIpc) is 3.69. The van der Waals surface area contributed by atoms with Crippen LogP contribution in [0.3, 0.4) is 0 Å². The molecule has 0 N–H and O–H groups in total. The van der Waals surface area contributed by atoms with E-state index < -0.39 is 23.9 Å². The number of aryl methyl sites for hydroxylation is 2. The molecule has 0 unspecified atom stereocenters. The van der Waals surface area contributed by atoms with Crippen molar-refractivity contribution in [1.29, 1.82) is 0 Å². The molecular weight excluding hydrogens is 611 g/mol. The molecule has 0 aromatic heterocycles. The van der Waals surface area contributed by atoms with Crippen LogP contribution in [-0.2, 0) is 14.4 Å². The maximum Gasteiger partial charge on any atom is 0.264 e. The van der Waals surface area contributed by atoms with E-state index in [9.17, 15) is 14.4 Å². The Morgan fingerprint density at radius 2 is 1.58 bits per heavy atom. The van der Waals surface area contributed by atoms with Gasteiger partial charge in [-0.25, -0.2) is 9.91 Å². The Balaban J connectivity index is 1.19. The number of allylic oxidation sites excluding steroid dienone is 1. The molecule has 3 amide bonds. The van der Waals surface area contributed by atoms with Crippen molar-refractivity contribution in [2.45, 2.75) is 51.2 Å². The zero-order chi connectivity index (χ0) is 31.4. The molecule has 3 aliphatic heterocycles. The van der Waals surface area contributed by atoms with E-state index in [0.717, 1.165) is 52.8 Å². The number of halogens is 2. The van der Waals surface area contributed by atoms with Gasteiger partial charge in [-0.1, -0.05) is 70.9 Å². The highest BCUT2D eigenvalue weighted by Gasteiger charge is 2.56. The maximum absolute atomic E-state index is 14.1. The molecule has 1 saturated heterocycles. The molecule has 11 heteroatoms. The van der Waals surface area contributed by atoms with Crippen molar-refractivity contribution in [3.63, 3.8) is 0 Å². The Morgan fingerprint density at radius 3 is 2.27 bits per heavy atom. The summed E-state index contributed by atoms with van der Waals surface area (Å²) in [7, 11) is 0. The number of para-hydroxylation sites is 1. The van der Waals surface area contributed by atoms with Gasteiger partial charge in [0.1, 0.15) is 6.54 Å². The molecule has 3 aromatic carbocycles. The minimum atomic E-state index is -1.00. The van der Waals surface area contributed by atoms with Crippen LogP contribution in [0.4, 0.5) is 5.69 Å². The lowest BCUT2D eigenvalue weighted by molar-refractivity contribution is -0.136. The summed E-state index contributed by atoms with van der Waals surface area (Å²) in [6, 6.07) is 18.4. The van der Waals surface area contributed by atoms with Crippen LogP contribution in [0.5, 0.6) is 0 Å². The van der Waals surface area contributed by atoms with Gasteiger partial charge in [0.2, 0.25) is 0 Å². The Bertz CT molecular complexity index is 1780. The first-order valence-corrected chi connectivity index (χ1v) is 15.7. The van der Waals surface area contributed by atoms with Crippen LogP contribution in [0.15, 0.2) is 87.7 Å². The molecule has 4 atom stereocenters. The molecular formula is C34H30Cl2N6O3. The van der Waals surface area contributed by atoms with Crippen LogP contribution < -0.4 is 4.90 Å². The van der Waals surface area contributed by atoms with E-state index in [1.165, 1.54) is 14.9 Å². The lowest BCUT2D eigenvalue weighted by atomic mass is 9.77. The minimum absolute atomic E-state index is 0.0235. The van der Waals surface area contributed by atoms with Crippen LogP contribution in [0.2, 0.25) is 10.0 Å². The Kier molecular flexibility index (Phi) is 7.54. The molecule has 1 saturated carbocycles. The average molecular weight is 642 g/mol. The van der Waals surface area contributed by atoms with Gasteiger partial charge in [0.25, 0.3) is 17.7 Å². The summed E-state index contributed by atoms with van der Waals surface area (Å²) in [5.74, 6) is -1.24. The molecule has 0 spiro atoms. The van der Waals surface area contributed by atoms with E-state index in [1.54, 1.807) is 0 Å². The number of imide groups is 1. The summed E-state index contributed by atoms with van der Waals surface area (Å²) in [6.45, 7) is 3.46. The highest BCUT2D eigenvalue weighted by Crippen LogP contribution is 2.45. The fraction of sp³-hybridized carbons (Fsp3) is 0.294. The number of rotatable bonds is 5. The highest BCUT2D eigenvalue weighted by atomic mass is 35.5.